The molecule has 0 saturated carbocycles. The zero-order chi connectivity index (χ0) is 13.8. The van der Waals surface area contributed by atoms with Gasteiger partial charge in [-0.1, -0.05) is 48.0 Å². The molecule has 1 N–H and O–H groups in total. The van der Waals surface area contributed by atoms with Gasteiger partial charge in [-0.2, -0.15) is 5.10 Å². The monoisotopic (exact) mass is 265 g/mol. The van der Waals surface area contributed by atoms with Gasteiger partial charge in [0.05, 0.1) is 0 Å². The largest absolute Gasteiger partial charge is 0.486 e. The van der Waals surface area contributed by atoms with Gasteiger partial charge in [-0.3, -0.25) is 5.10 Å². The van der Waals surface area contributed by atoms with Crippen molar-refractivity contribution in [1.82, 2.24) is 15.2 Å². The van der Waals surface area contributed by atoms with Crippen LogP contribution in [-0.2, 0) is 6.61 Å². The van der Waals surface area contributed by atoms with Crippen LogP contribution in [0.5, 0.6) is 5.75 Å². The van der Waals surface area contributed by atoms with Crippen molar-refractivity contribution in [3.05, 3.63) is 66.0 Å². The number of aromatic nitrogens is 3. The van der Waals surface area contributed by atoms with E-state index in [1.54, 1.807) is 0 Å². The van der Waals surface area contributed by atoms with E-state index in [4.69, 9.17) is 4.74 Å². The predicted molar refractivity (Wildman–Crippen MR) is 77.3 cm³/mol. The summed E-state index contributed by atoms with van der Waals surface area (Å²) in [7, 11) is 0. The molecule has 4 nitrogen and oxygen atoms in total. The summed E-state index contributed by atoms with van der Waals surface area (Å²) in [5, 5.41) is 7.12. The Hall–Kier alpha value is -2.62. The number of ether oxygens (including phenoxy) is 1. The number of hydrogen-bond donors (Lipinski definition) is 1. The van der Waals surface area contributed by atoms with Gasteiger partial charge in [0.25, 0.3) is 0 Å². The van der Waals surface area contributed by atoms with Gasteiger partial charge in [-0.25, -0.2) is 4.98 Å². The normalized spacial score (nSPS) is 10.4. The van der Waals surface area contributed by atoms with Crippen molar-refractivity contribution in [2.75, 3.05) is 0 Å². The first kappa shape index (κ1) is 12.4. The van der Waals surface area contributed by atoms with Crippen molar-refractivity contribution in [2.45, 2.75) is 13.5 Å². The van der Waals surface area contributed by atoms with Crippen LogP contribution in [0.2, 0.25) is 0 Å². The average molecular weight is 265 g/mol. The number of nitrogens with zero attached hydrogens (tertiary/aromatic N) is 2. The molecule has 0 atom stereocenters. The van der Waals surface area contributed by atoms with Crippen molar-refractivity contribution < 1.29 is 4.74 Å². The molecule has 0 saturated heterocycles. The third-order valence-corrected chi connectivity index (χ3v) is 2.96. The van der Waals surface area contributed by atoms with Gasteiger partial charge in [-0.05, 0) is 19.1 Å². The molecule has 3 aromatic rings. The van der Waals surface area contributed by atoms with Crippen LogP contribution in [0, 0.1) is 6.92 Å². The summed E-state index contributed by atoms with van der Waals surface area (Å²) in [5.41, 5.74) is 2.22. The van der Waals surface area contributed by atoms with Gasteiger partial charge in [0, 0.05) is 5.56 Å². The molecule has 4 heteroatoms. The Balaban J connectivity index is 1.69. The topological polar surface area (TPSA) is 50.8 Å². The van der Waals surface area contributed by atoms with Crippen LogP contribution >= 0.6 is 0 Å². The molecule has 2 aromatic carbocycles. The highest BCUT2D eigenvalue weighted by atomic mass is 16.5. The summed E-state index contributed by atoms with van der Waals surface area (Å²) >= 11 is 0. The molecule has 3 rings (SSSR count). The van der Waals surface area contributed by atoms with Crippen LogP contribution < -0.4 is 4.74 Å². The molecule has 0 spiro atoms. The summed E-state index contributed by atoms with van der Waals surface area (Å²) in [6, 6.07) is 17.8. The van der Waals surface area contributed by atoms with E-state index < -0.39 is 0 Å². The Morgan fingerprint density at radius 2 is 1.75 bits per heavy atom. The van der Waals surface area contributed by atoms with Crippen LogP contribution in [-0.4, -0.2) is 15.2 Å². The minimum absolute atomic E-state index is 0.378. The zero-order valence-corrected chi connectivity index (χ0v) is 11.2. The Bertz CT molecular complexity index is 674. The van der Waals surface area contributed by atoms with Crippen molar-refractivity contribution >= 4 is 0 Å². The molecule has 0 radical (unpaired) electrons. The summed E-state index contributed by atoms with van der Waals surface area (Å²) in [6.07, 6.45) is 0. The maximum Gasteiger partial charge on any atom is 0.181 e. The smallest absolute Gasteiger partial charge is 0.181 e. The van der Waals surface area contributed by atoms with Gasteiger partial charge in [0.1, 0.15) is 12.4 Å². The Kier molecular flexibility index (Phi) is 3.46. The van der Waals surface area contributed by atoms with Crippen LogP contribution in [0.15, 0.2) is 54.6 Å². The lowest BCUT2D eigenvalue weighted by Gasteiger charge is -2.02. The molecule has 1 aromatic heterocycles. The molecule has 0 bridgehead atoms. The molecule has 100 valence electrons. The maximum absolute atomic E-state index is 5.63. The van der Waals surface area contributed by atoms with E-state index in [-0.39, 0.29) is 0 Å². The third-order valence-electron chi connectivity index (χ3n) is 2.96. The van der Waals surface area contributed by atoms with Crippen LogP contribution in [0.1, 0.15) is 11.4 Å². The second-order valence-corrected chi connectivity index (χ2v) is 4.57. The van der Waals surface area contributed by atoms with Crippen LogP contribution in [0.4, 0.5) is 0 Å². The number of rotatable bonds is 4. The van der Waals surface area contributed by atoms with Gasteiger partial charge in [-0.15, -0.1) is 0 Å². The fourth-order valence-electron chi connectivity index (χ4n) is 1.86. The van der Waals surface area contributed by atoms with E-state index in [0.717, 1.165) is 11.3 Å². The number of aryl methyl sites for hydroxylation is 1. The number of nitrogens with one attached hydrogen (secondary N) is 1. The van der Waals surface area contributed by atoms with Gasteiger partial charge >= 0.3 is 0 Å². The summed E-state index contributed by atoms with van der Waals surface area (Å²) in [6.45, 7) is 2.43. The minimum atomic E-state index is 0.378. The van der Waals surface area contributed by atoms with Crippen molar-refractivity contribution in [1.29, 1.82) is 0 Å². The van der Waals surface area contributed by atoms with Crippen LogP contribution in [0.3, 0.4) is 0 Å². The van der Waals surface area contributed by atoms with Gasteiger partial charge in [0.15, 0.2) is 11.6 Å². The Morgan fingerprint density at radius 3 is 2.50 bits per heavy atom. The molecule has 0 unspecified atom stereocenters. The number of H-pyrrole nitrogens is 1. The molecule has 0 amide bonds. The Labute approximate surface area is 117 Å². The highest BCUT2D eigenvalue weighted by Crippen LogP contribution is 2.16. The summed E-state index contributed by atoms with van der Waals surface area (Å²) in [4.78, 5) is 4.43. The fourth-order valence-corrected chi connectivity index (χ4v) is 1.86. The van der Waals surface area contributed by atoms with Crippen molar-refractivity contribution in [3.63, 3.8) is 0 Å². The number of benzene rings is 2. The third kappa shape index (κ3) is 2.85. The maximum atomic E-state index is 5.63. The van der Waals surface area contributed by atoms with E-state index in [9.17, 15) is 0 Å². The molecule has 0 fully saturated rings. The van der Waals surface area contributed by atoms with E-state index in [2.05, 4.69) is 22.1 Å². The van der Waals surface area contributed by atoms with Gasteiger partial charge < -0.3 is 4.74 Å². The molecule has 0 aliphatic heterocycles. The number of para-hydroxylation sites is 1. The number of hydrogen-bond acceptors (Lipinski definition) is 3. The predicted octanol–water partition coefficient (Wildman–Crippen LogP) is 3.36. The minimum Gasteiger partial charge on any atom is -0.486 e. The van der Waals surface area contributed by atoms with Crippen molar-refractivity contribution in [2.24, 2.45) is 0 Å². The highest BCUT2D eigenvalue weighted by molar-refractivity contribution is 5.54. The highest BCUT2D eigenvalue weighted by Gasteiger charge is 2.06. The second-order valence-electron chi connectivity index (χ2n) is 4.57. The molecule has 0 aliphatic carbocycles. The zero-order valence-electron chi connectivity index (χ0n) is 11.2. The Morgan fingerprint density at radius 1 is 1.00 bits per heavy atom. The molecule has 0 aliphatic rings. The molecular weight excluding hydrogens is 250 g/mol. The molecular formula is C16H15N3O. The average Bonchev–Trinajstić information content (AvgIpc) is 2.96. The lowest BCUT2D eigenvalue weighted by atomic mass is 10.1. The second kappa shape index (κ2) is 5.57. The first-order valence-electron chi connectivity index (χ1n) is 6.47. The molecule has 20 heavy (non-hydrogen) atoms. The first-order valence-corrected chi connectivity index (χ1v) is 6.47. The van der Waals surface area contributed by atoms with E-state index in [1.807, 2.05) is 54.6 Å². The summed E-state index contributed by atoms with van der Waals surface area (Å²) < 4.78 is 5.63. The lowest BCUT2D eigenvalue weighted by Crippen LogP contribution is -1.97. The van der Waals surface area contributed by atoms with Crippen LogP contribution in [0.25, 0.3) is 11.4 Å². The number of aromatic amines is 1. The van der Waals surface area contributed by atoms with Gasteiger partial charge in [0.2, 0.25) is 0 Å². The quantitative estimate of drug-likeness (QED) is 0.787. The first-order chi connectivity index (χ1) is 9.81. The van der Waals surface area contributed by atoms with E-state index in [0.29, 0.717) is 18.3 Å². The summed E-state index contributed by atoms with van der Waals surface area (Å²) in [5.74, 6) is 2.22. The lowest BCUT2D eigenvalue weighted by molar-refractivity contribution is 0.296. The SMILES string of the molecule is Cc1ccc(-c2n[nH]c(COc3ccccc3)n2)cc1. The van der Waals surface area contributed by atoms with Crippen molar-refractivity contribution in [3.8, 4) is 17.1 Å². The van der Waals surface area contributed by atoms with E-state index in [1.165, 1.54) is 5.56 Å². The standard InChI is InChI=1S/C16H15N3O/c1-12-7-9-13(10-8-12)16-17-15(18-19-16)11-20-14-5-3-2-4-6-14/h2-10H,11H2,1H3,(H,17,18,19). The van der Waals surface area contributed by atoms with E-state index >= 15 is 0 Å². The molecule has 1 heterocycles. The fraction of sp³-hybridized carbons (Fsp3) is 0.125.